The number of thiol groups is 2. The molecule has 0 saturated heterocycles. The molecule has 0 amide bonds. The highest BCUT2D eigenvalue weighted by Crippen LogP contribution is 2.01. The Bertz CT molecular complexity index is 118. The van der Waals surface area contributed by atoms with Gasteiger partial charge in [0.2, 0.25) is 0 Å². The molecule has 0 aromatic carbocycles. The quantitative estimate of drug-likeness (QED) is 0.466. The molecule has 0 nitrogen and oxygen atoms in total. The van der Waals surface area contributed by atoms with Gasteiger partial charge in [0.05, 0.1) is 10.5 Å². The molecular weight excluding hydrogens is 160 g/mol. The first-order chi connectivity index (χ1) is 4.70. The standard InChI is InChI=1S/C8H14S2/c1-3-7(9)5-6-8(10)4-2/h7-10H,3-4H2,1-2H3. The fraction of sp³-hybridized carbons (Fsp3) is 0.750. The predicted octanol–water partition coefficient (Wildman–Crippen LogP) is 2.41. The van der Waals surface area contributed by atoms with Gasteiger partial charge in [-0.05, 0) is 12.8 Å². The van der Waals surface area contributed by atoms with E-state index in [4.69, 9.17) is 0 Å². The molecular formula is C8H14S2. The molecule has 58 valence electrons. The summed E-state index contributed by atoms with van der Waals surface area (Å²) in [6.45, 7) is 4.15. The van der Waals surface area contributed by atoms with Gasteiger partial charge in [0.15, 0.2) is 0 Å². The first kappa shape index (κ1) is 10.3. The van der Waals surface area contributed by atoms with Gasteiger partial charge in [-0.2, -0.15) is 25.3 Å². The van der Waals surface area contributed by atoms with Gasteiger partial charge < -0.3 is 0 Å². The second-order valence-corrected chi connectivity index (χ2v) is 3.38. The SMILES string of the molecule is CCC(S)C#CC(S)CC. The molecule has 0 aromatic heterocycles. The molecule has 0 aliphatic rings. The third-order valence-electron chi connectivity index (χ3n) is 1.19. The molecule has 0 N–H and O–H groups in total. The Balaban J connectivity index is 3.66. The minimum absolute atomic E-state index is 0.223. The van der Waals surface area contributed by atoms with Crippen LogP contribution in [-0.4, -0.2) is 10.5 Å². The zero-order chi connectivity index (χ0) is 7.98. The number of hydrogen-bond acceptors (Lipinski definition) is 2. The van der Waals surface area contributed by atoms with Gasteiger partial charge >= 0.3 is 0 Å². The van der Waals surface area contributed by atoms with Crippen molar-refractivity contribution in [2.24, 2.45) is 0 Å². The summed E-state index contributed by atoms with van der Waals surface area (Å²) in [5.41, 5.74) is 0. The van der Waals surface area contributed by atoms with Crippen molar-refractivity contribution in [1.29, 1.82) is 0 Å². The van der Waals surface area contributed by atoms with Crippen LogP contribution in [0.4, 0.5) is 0 Å². The monoisotopic (exact) mass is 174 g/mol. The molecule has 0 heterocycles. The van der Waals surface area contributed by atoms with Gasteiger partial charge in [0, 0.05) is 0 Å². The van der Waals surface area contributed by atoms with Crippen molar-refractivity contribution >= 4 is 25.3 Å². The van der Waals surface area contributed by atoms with Crippen molar-refractivity contribution in [2.45, 2.75) is 37.2 Å². The van der Waals surface area contributed by atoms with Crippen LogP contribution in [0, 0.1) is 11.8 Å². The third kappa shape index (κ3) is 5.08. The summed E-state index contributed by atoms with van der Waals surface area (Å²) in [4.78, 5) is 0. The molecule has 0 rings (SSSR count). The zero-order valence-electron chi connectivity index (χ0n) is 6.46. The lowest BCUT2D eigenvalue weighted by atomic mass is 10.3. The van der Waals surface area contributed by atoms with Crippen molar-refractivity contribution in [3.63, 3.8) is 0 Å². The van der Waals surface area contributed by atoms with E-state index in [0.29, 0.717) is 0 Å². The first-order valence-corrected chi connectivity index (χ1v) is 4.61. The van der Waals surface area contributed by atoms with Gasteiger partial charge in [-0.25, -0.2) is 0 Å². The highest BCUT2D eigenvalue weighted by Gasteiger charge is 1.93. The van der Waals surface area contributed by atoms with E-state index in [2.05, 4.69) is 50.9 Å². The molecule has 0 radical (unpaired) electrons. The highest BCUT2D eigenvalue weighted by molar-refractivity contribution is 7.81. The van der Waals surface area contributed by atoms with Gasteiger partial charge in [-0.15, -0.1) is 0 Å². The Labute approximate surface area is 74.6 Å². The Kier molecular flexibility index (Phi) is 6.16. The van der Waals surface area contributed by atoms with Crippen LogP contribution in [-0.2, 0) is 0 Å². The molecule has 0 aliphatic carbocycles. The maximum absolute atomic E-state index is 4.24. The number of rotatable bonds is 2. The van der Waals surface area contributed by atoms with Gasteiger partial charge in [-0.3, -0.25) is 0 Å². The van der Waals surface area contributed by atoms with Gasteiger partial charge in [0.25, 0.3) is 0 Å². The molecule has 10 heavy (non-hydrogen) atoms. The molecule has 2 unspecified atom stereocenters. The van der Waals surface area contributed by atoms with E-state index < -0.39 is 0 Å². The Morgan fingerprint density at radius 1 is 1.00 bits per heavy atom. The number of hydrogen-bond donors (Lipinski definition) is 2. The van der Waals surface area contributed by atoms with E-state index in [0.717, 1.165) is 12.8 Å². The summed E-state index contributed by atoms with van der Waals surface area (Å²) in [5.74, 6) is 6.04. The molecule has 0 saturated carbocycles. The van der Waals surface area contributed by atoms with E-state index in [-0.39, 0.29) is 10.5 Å². The smallest absolute Gasteiger partial charge is 0.0624 e. The van der Waals surface area contributed by atoms with E-state index in [1.54, 1.807) is 0 Å². The summed E-state index contributed by atoms with van der Waals surface area (Å²) < 4.78 is 0. The predicted molar refractivity (Wildman–Crippen MR) is 53.9 cm³/mol. The molecule has 2 atom stereocenters. The van der Waals surface area contributed by atoms with Crippen LogP contribution >= 0.6 is 25.3 Å². The molecule has 0 aromatic rings. The van der Waals surface area contributed by atoms with E-state index in [9.17, 15) is 0 Å². The summed E-state index contributed by atoms with van der Waals surface area (Å²) in [6.07, 6.45) is 2.00. The minimum Gasteiger partial charge on any atom is -0.163 e. The summed E-state index contributed by atoms with van der Waals surface area (Å²) >= 11 is 8.47. The summed E-state index contributed by atoms with van der Waals surface area (Å²) in [7, 11) is 0. The summed E-state index contributed by atoms with van der Waals surface area (Å²) in [6, 6.07) is 0. The maximum atomic E-state index is 4.24. The van der Waals surface area contributed by atoms with Crippen LogP contribution in [0.5, 0.6) is 0 Å². The summed E-state index contributed by atoms with van der Waals surface area (Å²) in [5, 5.41) is 0.447. The molecule has 0 bridgehead atoms. The fourth-order valence-electron chi connectivity index (χ4n) is 0.397. The minimum atomic E-state index is 0.223. The van der Waals surface area contributed by atoms with Gasteiger partial charge in [0.1, 0.15) is 0 Å². The van der Waals surface area contributed by atoms with Crippen LogP contribution in [0.2, 0.25) is 0 Å². The van der Waals surface area contributed by atoms with Crippen LogP contribution in [0.3, 0.4) is 0 Å². The topological polar surface area (TPSA) is 0 Å². The van der Waals surface area contributed by atoms with E-state index in [1.807, 2.05) is 0 Å². The average molecular weight is 174 g/mol. The normalized spacial score (nSPS) is 15.2. The highest BCUT2D eigenvalue weighted by atomic mass is 32.1. The molecule has 2 heteroatoms. The van der Waals surface area contributed by atoms with Crippen molar-refractivity contribution < 1.29 is 0 Å². The lowest BCUT2D eigenvalue weighted by molar-refractivity contribution is 0.986. The second-order valence-electron chi connectivity index (χ2n) is 2.14. The van der Waals surface area contributed by atoms with E-state index >= 15 is 0 Å². The van der Waals surface area contributed by atoms with E-state index in [1.165, 1.54) is 0 Å². The van der Waals surface area contributed by atoms with Crippen LogP contribution < -0.4 is 0 Å². The average Bonchev–Trinajstić information content (AvgIpc) is 1.99. The third-order valence-corrected chi connectivity index (χ3v) is 2.18. The lowest BCUT2D eigenvalue weighted by Crippen LogP contribution is -1.94. The second kappa shape index (κ2) is 6.00. The Morgan fingerprint density at radius 2 is 1.30 bits per heavy atom. The maximum Gasteiger partial charge on any atom is 0.0624 e. The molecule has 0 aliphatic heterocycles. The largest absolute Gasteiger partial charge is 0.163 e. The first-order valence-electron chi connectivity index (χ1n) is 3.57. The van der Waals surface area contributed by atoms with Crippen LogP contribution in [0.1, 0.15) is 26.7 Å². The van der Waals surface area contributed by atoms with Gasteiger partial charge in [-0.1, -0.05) is 25.7 Å². The van der Waals surface area contributed by atoms with Crippen molar-refractivity contribution in [3.8, 4) is 11.8 Å². The van der Waals surface area contributed by atoms with Crippen molar-refractivity contribution in [3.05, 3.63) is 0 Å². The van der Waals surface area contributed by atoms with Crippen molar-refractivity contribution in [2.75, 3.05) is 0 Å². The Morgan fingerprint density at radius 3 is 1.50 bits per heavy atom. The van der Waals surface area contributed by atoms with Crippen LogP contribution in [0.25, 0.3) is 0 Å². The fourth-order valence-corrected chi connectivity index (χ4v) is 0.546. The Hall–Kier alpha value is 0.260. The van der Waals surface area contributed by atoms with Crippen LogP contribution in [0.15, 0.2) is 0 Å². The van der Waals surface area contributed by atoms with Crippen molar-refractivity contribution in [1.82, 2.24) is 0 Å². The zero-order valence-corrected chi connectivity index (χ0v) is 8.25. The molecule has 0 spiro atoms. The molecule has 0 fully saturated rings. The lowest BCUT2D eigenvalue weighted by Gasteiger charge is -1.97.